The Labute approximate surface area is 91.6 Å². The highest BCUT2D eigenvalue weighted by molar-refractivity contribution is 6.30. The molecule has 1 aromatic rings. The van der Waals surface area contributed by atoms with E-state index < -0.39 is 12.3 Å². The molecule has 15 heavy (non-hydrogen) atoms. The summed E-state index contributed by atoms with van der Waals surface area (Å²) in [7, 11) is 0. The van der Waals surface area contributed by atoms with Crippen molar-refractivity contribution >= 4 is 17.6 Å². The molecule has 1 unspecified atom stereocenters. The predicted octanol–water partition coefficient (Wildman–Crippen LogP) is 1.56. The highest BCUT2D eigenvalue weighted by Crippen LogP contribution is 2.16. The van der Waals surface area contributed by atoms with Crippen molar-refractivity contribution < 1.29 is 19.4 Å². The Morgan fingerprint density at radius 3 is 2.93 bits per heavy atom. The Kier molecular flexibility index (Phi) is 4.33. The minimum atomic E-state index is -1.34. The first-order valence-electron chi connectivity index (χ1n) is 4.25. The van der Waals surface area contributed by atoms with Gasteiger partial charge in [-0.3, -0.25) is 4.98 Å². The molecule has 1 atom stereocenters. The van der Waals surface area contributed by atoms with Crippen LogP contribution in [0.2, 0.25) is 5.02 Å². The summed E-state index contributed by atoms with van der Waals surface area (Å²) in [4.78, 5) is 14.4. The number of rotatable bonds is 5. The van der Waals surface area contributed by atoms with Crippen molar-refractivity contribution in [3.8, 4) is 5.75 Å². The van der Waals surface area contributed by atoms with Crippen molar-refractivity contribution in [2.45, 2.75) is 13.2 Å². The highest BCUT2D eigenvalue weighted by Gasteiger charge is 2.19. The van der Waals surface area contributed by atoms with Crippen molar-refractivity contribution in [3.63, 3.8) is 0 Å². The fourth-order valence-electron chi connectivity index (χ4n) is 0.888. The molecule has 0 aliphatic heterocycles. The first kappa shape index (κ1) is 11.7. The molecular formula is C9H10ClNO4. The van der Waals surface area contributed by atoms with Gasteiger partial charge in [-0.1, -0.05) is 11.6 Å². The topological polar surface area (TPSA) is 68.7 Å². The van der Waals surface area contributed by atoms with Gasteiger partial charge >= 0.3 is 5.97 Å². The zero-order valence-electron chi connectivity index (χ0n) is 8.01. The Morgan fingerprint density at radius 1 is 1.67 bits per heavy atom. The lowest BCUT2D eigenvalue weighted by Crippen LogP contribution is -2.30. The van der Waals surface area contributed by atoms with Crippen molar-refractivity contribution in [3.05, 3.63) is 23.5 Å². The Balaban J connectivity index is 2.69. The third-order valence-corrected chi connectivity index (χ3v) is 1.65. The number of nitrogens with zero attached hydrogens (tertiary/aromatic N) is 1. The fourth-order valence-corrected chi connectivity index (χ4v) is 1.05. The van der Waals surface area contributed by atoms with Gasteiger partial charge in [0.25, 0.3) is 6.29 Å². The maximum Gasteiger partial charge on any atom is 0.373 e. The van der Waals surface area contributed by atoms with Crippen LogP contribution in [0.15, 0.2) is 18.5 Å². The van der Waals surface area contributed by atoms with E-state index in [1.54, 1.807) is 6.92 Å². The van der Waals surface area contributed by atoms with Crippen molar-refractivity contribution in [1.82, 2.24) is 4.98 Å². The zero-order valence-corrected chi connectivity index (χ0v) is 8.77. The van der Waals surface area contributed by atoms with Crippen LogP contribution < -0.4 is 4.74 Å². The average molecular weight is 232 g/mol. The van der Waals surface area contributed by atoms with Gasteiger partial charge in [0.1, 0.15) is 5.75 Å². The van der Waals surface area contributed by atoms with Gasteiger partial charge in [0.05, 0.1) is 11.2 Å². The van der Waals surface area contributed by atoms with E-state index in [9.17, 15) is 4.79 Å². The van der Waals surface area contributed by atoms with Crippen LogP contribution >= 0.6 is 11.6 Å². The van der Waals surface area contributed by atoms with Gasteiger partial charge in [-0.2, -0.15) is 0 Å². The Morgan fingerprint density at radius 2 is 2.40 bits per heavy atom. The van der Waals surface area contributed by atoms with Gasteiger partial charge in [0.15, 0.2) is 0 Å². The molecule has 0 spiro atoms. The molecule has 6 heteroatoms. The molecule has 0 saturated carbocycles. The molecule has 82 valence electrons. The lowest BCUT2D eigenvalue weighted by atomic mass is 10.4. The second-order valence-electron chi connectivity index (χ2n) is 2.58. The van der Waals surface area contributed by atoms with Crippen molar-refractivity contribution in [2.75, 3.05) is 6.61 Å². The molecule has 1 rings (SSSR count). The second-order valence-corrected chi connectivity index (χ2v) is 3.02. The summed E-state index contributed by atoms with van der Waals surface area (Å²) in [6.45, 7) is 1.92. The summed E-state index contributed by atoms with van der Waals surface area (Å²) >= 11 is 5.65. The van der Waals surface area contributed by atoms with Crippen LogP contribution in [0.4, 0.5) is 0 Å². The quantitative estimate of drug-likeness (QED) is 0.779. The van der Waals surface area contributed by atoms with E-state index in [0.717, 1.165) is 0 Å². The number of ether oxygens (including phenoxy) is 2. The monoisotopic (exact) mass is 231 g/mol. The van der Waals surface area contributed by atoms with Crippen LogP contribution in [0.3, 0.4) is 0 Å². The Bertz CT molecular complexity index is 345. The van der Waals surface area contributed by atoms with Gasteiger partial charge in [0.2, 0.25) is 0 Å². The van der Waals surface area contributed by atoms with Gasteiger partial charge < -0.3 is 14.6 Å². The smallest absolute Gasteiger partial charge is 0.373 e. The highest BCUT2D eigenvalue weighted by atomic mass is 35.5. The van der Waals surface area contributed by atoms with Crippen LogP contribution in [0.5, 0.6) is 5.75 Å². The Hall–Kier alpha value is -1.33. The van der Waals surface area contributed by atoms with Gasteiger partial charge in [-0.05, 0) is 6.92 Å². The maximum absolute atomic E-state index is 10.7. The number of hydrogen-bond donors (Lipinski definition) is 1. The van der Waals surface area contributed by atoms with Gasteiger partial charge in [-0.25, -0.2) is 4.79 Å². The van der Waals surface area contributed by atoms with Gasteiger partial charge in [-0.15, -0.1) is 0 Å². The zero-order chi connectivity index (χ0) is 11.3. The van der Waals surface area contributed by atoms with Crippen LogP contribution in [-0.2, 0) is 9.53 Å². The van der Waals surface area contributed by atoms with Crippen molar-refractivity contribution in [1.29, 1.82) is 0 Å². The molecule has 0 bridgehead atoms. The molecule has 0 saturated heterocycles. The van der Waals surface area contributed by atoms with E-state index in [4.69, 9.17) is 26.2 Å². The van der Waals surface area contributed by atoms with Crippen LogP contribution in [0.25, 0.3) is 0 Å². The second kappa shape index (κ2) is 5.53. The van der Waals surface area contributed by atoms with E-state index >= 15 is 0 Å². The first-order chi connectivity index (χ1) is 7.13. The number of carboxylic acids is 1. The third-order valence-electron chi connectivity index (χ3n) is 1.44. The molecule has 0 radical (unpaired) electrons. The SMILES string of the molecule is CCOC(Oc1cncc(Cl)c1)C(=O)O. The molecule has 0 fully saturated rings. The average Bonchev–Trinajstić information content (AvgIpc) is 2.17. The molecule has 0 aliphatic rings. The summed E-state index contributed by atoms with van der Waals surface area (Å²) in [6, 6.07) is 1.46. The molecule has 1 aromatic heterocycles. The van der Waals surface area contributed by atoms with Crippen LogP contribution in [0, 0.1) is 0 Å². The van der Waals surface area contributed by atoms with E-state index in [2.05, 4.69) is 4.98 Å². The predicted molar refractivity (Wildman–Crippen MR) is 52.9 cm³/mol. The number of carboxylic acid groups (broad SMARTS) is 1. The van der Waals surface area contributed by atoms with Gasteiger partial charge in [0, 0.05) is 18.9 Å². The number of carbonyl (C=O) groups is 1. The van der Waals surface area contributed by atoms with E-state index in [1.807, 2.05) is 0 Å². The van der Waals surface area contributed by atoms with E-state index in [0.29, 0.717) is 5.02 Å². The number of hydrogen-bond acceptors (Lipinski definition) is 4. The van der Waals surface area contributed by atoms with Crippen molar-refractivity contribution in [2.24, 2.45) is 0 Å². The molecule has 1 heterocycles. The first-order valence-corrected chi connectivity index (χ1v) is 4.63. The molecule has 0 amide bonds. The third kappa shape index (κ3) is 3.73. The van der Waals surface area contributed by atoms with E-state index in [1.165, 1.54) is 18.5 Å². The summed E-state index contributed by atoms with van der Waals surface area (Å²) in [5, 5.41) is 9.10. The molecule has 0 aromatic carbocycles. The van der Waals surface area contributed by atoms with Crippen LogP contribution in [-0.4, -0.2) is 29.0 Å². The van der Waals surface area contributed by atoms with E-state index in [-0.39, 0.29) is 12.4 Å². The minimum Gasteiger partial charge on any atom is -0.477 e. The largest absolute Gasteiger partial charge is 0.477 e. The maximum atomic E-state index is 10.7. The number of halogens is 1. The number of pyridine rings is 1. The number of aromatic nitrogens is 1. The van der Waals surface area contributed by atoms with Crippen LogP contribution in [0.1, 0.15) is 6.92 Å². The molecular weight excluding hydrogens is 222 g/mol. The summed E-state index contributed by atoms with van der Waals surface area (Å²) in [6.07, 6.45) is 1.45. The molecule has 0 aliphatic carbocycles. The minimum absolute atomic E-state index is 0.241. The summed E-state index contributed by atoms with van der Waals surface area (Å²) in [5.74, 6) is -0.944. The lowest BCUT2D eigenvalue weighted by molar-refractivity contribution is -0.170. The summed E-state index contributed by atoms with van der Waals surface area (Å²) in [5.41, 5.74) is 0. The standard InChI is InChI=1S/C9H10ClNO4/c1-2-14-9(8(12)13)15-7-3-6(10)4-11-5-7/h3-5,9H,2H2,1H3,(H,12,13). The molecule has 5 nitrogen and oxygen atoms in total. The normalized spacial score (nSPS) is 12.1. The lowest BCUT2D eigenvalue weighted by Gasteiger charge is -2.14. The summed E-state index contributed by atoms with van der Waals surface area (Å²) < 4.78 is 9.88. The molecule has 1 N–H and O–H groups in total. The number of aliphatic carboxylic acids is 1. The fraction of sp³-hybridized carbons (Fsp3) is 0.333.